The highest BCUT2D eigenvalue weighted by Gasteiger charge is 2.39. The van der Waals surface area contributed by atoms with Crippen molar-refractivity contribution >= 4 is 65.4 Å². The first kappa shape index (κ1) is 41.6. The molecule has 9 aromatic carbocycles. The Kier molecular flexibility index (Phi) is 8.70. The van der Waals surface area contributed by atoms with Crippen LogP contribution in [0, 0.1) is 0 Å². The van der Waals surface area contributed by atoms with Crippen LogP contribution in [0.4, 0.5) is 0 Å². The minimum absolute atomic E-state index is 0.0373. The summed E-state index contributed by atoms with van der Waals surface area (Å²) in [5.41, 5.74) is 25.1. The van der Waals surface area contributed by atoms with Crippen molar-refractivity contribution in [1.29, 1.82) is 0 Å². The lowest BCUT2D eigenvalue weighted by Gasteiger charge is -2.22. The Morgan fingerprint density at radius 1 is 0.275 bits per heavy atom. The third kappa shape index (κ3) is 5.56. The maximum atomic E-state index is 2.42. The number of hydrogen-bond donors (Lipinski definition) is 0. The molecule has 12 aromatic rings. The molecule has 0 spiro atoms. The van der Waals surface area contributed by atoms with Gasteiger partial charge in [-0.1, -0.05) is 181 Å². The number of benzene rings is 9. The van der Waals surface area contributed by atoms with Crippen LogP contribution in [0.25, 0.3) is 98.8 Å². The summed E-state index contributed by atoms with van der Waals surface area (Å²) in [4.78, 5) is 0. The maximum Gasteiger partial charge on any atom is 0.0495 e. The second kappa shape index (κ2) is 14.5. The minimum Gasteiger partial charge on any atom is -0.344 e. The fraction of sp³-hybridized carbons (Fsp3) is 0.182. The van der Waals surface area contributed by atoms with E-state index in [0.29, 0.717) is 0 Å². The Labute approximate surface area is 404 Å². The van der Waals surface area contributed by atoms with Gasteiger partial charge >= 0.3 is 0 Å². The van der Waals surface area contributed by atoms with Gasteiger partial charge in [0.2, 0.25) is 0 Å². The molecular formula is C66H57N3. The first-order valence-electron chi connectivity index (χ1n) is 24.6. The van der Waals surface area contributed by atoms with Gasteiger partial charge in [0.1, 0.15) is 0 Å². The molecule has 0 N–H and O–H groups in total. The van der Waals surface area contributed by atoms with Crippen LogP contribution in [0.1, 0.15) is 74.9 Å². The Morgan fingerprint density at radius 2 is 0.710 bits per heavy atom. The van der Waals surface area contributed by atoms with E-state index in [0.717, 1.165) is 0 Å². The lowest BCUT2D eigenvalue weighted by molar-refractivity contribution is 0.661. The summed E-state index contributed by atoms with van der Waals surface area (Å²) in [6, 6.07) is 66.8. The zero-order chi connectivity index (χ0) is 47.3. The van der Waals surface area contributed by atoms with Crippen molar-refractivity contribution in [3.05, 3.63) is 215 Å². The quantitative estimate of drug-likeness (QED) is 0.144. The zero-order valence-electron chi connectivity index (χ0n) is 41.2. The van der Waals surface area contributed by atoms with Gasteiger partial charge in [0.25, 0.3) is 0 Å². The molecule has 0 saturated heterocycles. The van der Waals surface area contributed by atoms with E-state index in [-0.39, 0.29) is 16.2 Å². The van der Waals surface area contributed by atoms with Crippen molar-refractivity contribution in [3.63, 3.8) is 0 Å². The molecule has 3 aliphatic carbocycles. The highest BCUT2D eigenvalue weighted by molar-refractivity contribution is 6.17. The fourth-order valence-electron chi connectivity index (χ4n) is 13.3. The monoisotopic (exact) mass is 891 g/mol. The molecule has 3 heteroatoms. The van der Waals surface area contributed by atoms with Gasteiger partial charge in [-0.25, -0.2) is 0 Å². The molecule has 3 aromatic heterocycles. The van der Waals surface area contributed by atoms with Crippen LogP contribution in [0.3, 0.4) is 0 Å². The average Bonchev–Trinajstić information content (AvgIpc) is 4.13. The van der Waals surface area contributed by atoms with E-state index in [9.17, 15) is 0 Å². The second-order valence-corrected chi connectivity index (χ2v) is 21.4. The van der Waals surface area contributed by atoms with Crippen molar-refractivity contribution in [2.24, 2.45) is 21.1 Å². The number of rotatable bonds is 0. The largest absolute Gasteiger partial charge is 0.344 e. The van der Waals surface area contributed by atoms with Crippen LogP contribution < -0.4 is 0 Å². The predicted octanol–water partition coefficient (Wildman–Crippen LogP) is 16.9. The smallest absolute Gasteiger partial charge is 0.0495 e. The van der Waals surface area contributed by atoms with Crippen LogP contribution >= 0.6 is 0 Å². The number of hydrogen-bond acceptors (Lipinski definition) is 0. The Morgan fingerprint density at radius 3 is 1.35 bits per heavy atom. The summed E-state index contributed by atoms with van der Waals surface area (Å²) in [6.07, 6.45) is 0. The molecule has 3 heterocycles. The number of nitrogens with zero attached hydrogens (tertiary/aromatic N) is 3. The third-order valence-corrected chi connectivity index (χ3v) is 16.8. The molecular weight excluding hydrogens is 835 g/mol. The number of aryl methyl sites for hydroxylation is 3. The van der Waals surface area contributed by atoms with Gasteiger partial charge in [-0.3, -0.25) is 0 Å². The number of aromatic nitrogens is 3. The van der Waals surface area contributed by atoms with Gasteiger partial charge in [0.15, 0.2) is 0 Å². The Balaban J connectivity index is 0.000000102. The molecule has 0 amide bonds. The summed E-state index contributed by atoms with van der Waals surface area (Å²) >= 11 is 0. The average molecular weight is 892 g/mol. The summed E-state index contributed by atoms with van der Waals surface area (Å²) < 4.78 is 6.96. The molecule has 0 saturated carbocycles. The summed E-state index contributed by atoms with van der Waals surface area (Å²) in [5.74, 6) is 0. The summed E-state index contributed by atoms with van der Waals surface area (Å²) in [5, 5.41) is 8.25. The van der Waals surface area contributed by atoms with Crippen LogP contribution in [0.5, 0.6) is 0 Å². The van der Waals surface area contributed by atoms with Crippen molar-refractivity contribution in [3.8, 4) is 33.4 Å². The maximum absolute atomic E-state index is 2.42. The van der Waals surface area contributed by atoms with Crippen molar-refractivity contribution in [1.82, 2.24) is 13.7 Å². The fourth-order valence-corrected chi connectivity index (χ4v) is 13.3. The van der Waals surface area contributed by atoms with Crippen LogP contribution in [-0.4, -0.2) is 13.7 Å². The van der Waals surface area contributed by atoms with E-state index in [1.807, 2.05) is 0 Å². The van der Waals surface area contributed by atoms with Gasteiger partial charge in [-0.15, -0.1) is 0 Å². The van der Waals surface area contributed by atoms with E-state index < -0.39 is 0 Å². The highest BCUT2D eigenvalue weighted by atomic mass is 14.9. The molecule has 0 bridgehead atoms. The summed E-state index contributed by atoms with van der Waals surface area (Å²) in [7, 11) is 6.51. The zero-order valence-corrected chi connectivity index (χ0v) is 41.2. The minimum atomic E-state index is 0.0373. The molecule has 3 nitrogen and oxygen atoms in total. The molecule has 15 rings (SSSR count). The van der Waals surface area contributed by atoms with Gasteiger partial charge < -0.3 is 13.7 Å². The van der Waals surface area contributed by atoms with Crippen LogP contribution in [0.15, 0.2) is 182 Å². The van der Waals surface area contributed by atoms with E-state index in [2.05, 4.69) is 258 Å². The van der Waals surface area contributed by atoms with E-state index in [1.165, 1.54) is 132 Å². The summed E-state index contributed by atoms with van der Waals surface area (Å²) in [6.45, 7) is 14.1. The molecule has 69 heavy (non-hydrogen) atoms. The van der Waals surface area contributed by atoms with E-state index >= 15 is 0 Å². The van der Waals surface area contributed by atoms with Crippen molar-refractivity contribution in [2.45, 2.75) is 57.8 Å². The van der Waals surface area contributed by atoms with Crippen LogP contribution in [0.2, 0.25) is 0 Å². The Bertz CT molecular complexity index is 4130. The number of fused-ring (bicyclic) bond motifs is 20. The topological polar surface area (TPSA) is 14.8 Å². The van der Waals surface area contributed by atoms with Crippen LogP contribution in [-0.2, 0) is 37.4 Å². The molecule has 0 unspecified atom stereocenters. The molecule has 0 radical (unpaired) electrons. The Hall–Kier alpha value is -7.62. The third-order valence-electron chi connectivity index (χ3n) is 16.8. The molecule has 0 fully saturated rings. The van der Waals surface area contributed by atoms with Gasteiger partial charge in [0.05, 0.1) is 0 Å². The first-order chi connectivity index (χ1) is 33.3. The molecule has 0 aliphatic heterocycles. The van der Waals surface area contributed by atoms with Gasteiger partial charge in [-0.2, -0.15) is 0 Å². The second-order valence-electron chi connectivity index (χ2n) is 21.4. The standard InChI is InChI=1S/3C22H19N/c1-22(2)18-10-6-4-8-14(18)16-13-21-17(12-19(16)22)15-9-5-7-11-20(15)23(21)3;1-22(2)17-10-6-4-8-14(17)15-12-13-19-20(21(15)22)16-9-5-7-11-18(16)23(19)3;1-22(2)16-10-6-4-8-14(16)20-17(22)12-13-19-21(20)15-9-5-7-11-18(15)23(19)3/h3*4-13H,1-3H3. The van der Waals surface area contributed by atoms with Crippen molar-refractivity contribution in [2.75, 3.05) is 0 Å². The van der Waals surface area contributed by atoms with E-state index in [4.69, 9.17) is 0 Å². The lowest BCUT2D eigenvalue weighted by Crippen LogP contribution is -2.15. The SMILES string of the molecule is Cn1c2ccccc2c2c3c(ccc21)-c1ccccc1C3(C)C.Cn1c2ccccc2c2c3c(ccc21)C(C)(C)c1ccccc1-3.Cn1c2ccccc2c2cc3c(cc21)-c1ccccc1C3(C)C. The van der Waals surface area contributed by atoms with Gasteiger partial charge in [0, 0.05) is 103 Å². The van der Waals surface area contributed by atoms with Gasteiger partial charge in [-0.05, 0) is 109 Å². The predicted molar refractivity (Wildman–Crippen MR) is 294 cm³/mol. The normalized spacial score (nSPS) is 15.1. The molecule has 336 valence electrons. The van der Waals surface area contributed by atoms with E-state index in [1.54, 1.807) is 0 Å². The molecule has 3 aliphatic rings. The molecule has 0 atom stereocenters. The number of para-hydroxylation sites is 3. The lowest BCUT2D eigenvalue weighted by atomic mass is 9.80. The first-order valence-corrected chi connectivity index (χ1v) is 24.6. The highest BCUT2D eigenvalue weighted by Crippen LogP contribution is 2.55. The van der Waals surface area contributed by atoms with Crippen molar-refractivity contribution < 1.29 is 0 Å².